The standard InChI is InChI=1S/C15H16N2O2/c18-14(19)12-10-13(17-16-12)15(8-4-5-9-15)11-6-2-1-3-7-11/h1-3,6-7,10H,4-5,8-9H2,(H,16,17)(H,18,19). The minimum atomic E-state index is -0.983. The zero-order valence-corrected chi connectivity index (χ0v) is 10.6. The molecule has 4 heteroatoms. The van der Waals surface area contributed by atoms with E-state index in [1.54, 1.807) is 6.07 Å². The van der Waals surface area contributed by atoms with Crippen LogP contribution in [0, 0.1) is 0 Å². The van der Waals surface area contributed by atoms with Gasteiger partial charge in [-0.05, 0) is 24.5 Å². The van der Waals surface area contributed by atoms with Crippen molar-refractivity contribution in [1.29, 1.82) is 0 Å². The number of aromatic amines is 1. The quantitative estimate of drug-likeness (QED) is 0.887. The van der Waals surface area contributed by atoms with E-state index in [0.29, 0.717) is 0 Å². The van der Waals surface area contributed by atoms with E-state index in [-0.39, 0.29) is 11.1 Å². The van der Waals surface area contributed by atoms with E-state index in [4.69, 9.17) is 5.11 Å². The Hall–Kier alpha value is -2.10. The molecular formula is C15H16N2O2. The predicted molar refractivity (Wildman–Crippen MR) is 71.2 cm³/mol. The van der Waals surface area contributed by atoms with Gasteiger partial charge in [0, 0.05) is 11.1 Å². The van der Waals surface area contributed by atoms with Crippen LogP contribution in [0.2, 0.25) is 0 Å². The number of carbonyl (C=O) groups is 1. The van der Waals surface area contributed by atoms with Crippen LogP contribution in [0.15, 0.2) is 36.4 Å². The van der Waals surface area contributed by atoms with Gasteiger partial charge in [-0.3, -0.25) is 5.10 Å². The van der Waals surface area contributed by atoms with Gasteiger partial charge in [0.2, 0.25) is 0 Å². The smallest absolute Gasteiger partial charge is 0.356 e. The zero-order chi connectivity index (χ0) is 13.3. The van der Waals surface area contributed by atoms with E-state index < -0.39 is 5.97 Å². The van der Waals surface area contributed by atoms with Crippen LogP contribution in [0.1, 0.15) is 47.4 Å². The van der Waals surface area contributed by atoms with E-state index in [1.807, 2.05) is 18.2 Å². The molecule has 3 rings (SSSR count). The van der Waals surface area contributed by atoms with Gasteiger partial charge in [-0.25, -0.2) is 4.79 Å². The fraction of sp³-hybridized carbons (Fsp3) is 0.333. The first-order valence-electron chi connectivity index (χ1n) is 6.57. The summed E-state index contributed by atoms with van der Waals surface area (Å²) < 4.78 is 0. The number of aromatic nitrogens is 2. The highest BCUT2D eigenvalue weighted by molar-refractivity contribution is 5.85. The van der Waals surface area contributed by atoms with E-state index in [1.165, 1.54) is 5.56 Å². The van der Waals surface area contributed by atoms with E-state index in [2.05, 4.69) is 22.3 Å². The van der Waals surface area contributed by atoms with E-state index in [0.717, 1.165) is 31.4 Å². The third-order valence-electron chi connectivity index (χ3n) is 4.10. The number of carboxylic acids is 1. The van der Waals surface area contributed by atoms with Crippen molar-refractivity contribution in [2.24, 2.45) is 0 Å². The maximum absolute atomic E-state index is 11.0. The van der Waals surface area contributed by atoms with Crippen LogP contribution in [0.4, 0.5) is 0 Å². The van der Waals surface area contributed by atoms with Crippen LogP contribution in [-0.4, -0.2) is 21.3 Å². The summed E-state index contributed by atoms with van der Waals surface area (Å²) in [4.78, 5) is 11.0. The lowest BCUT2D eigenvalue weighted by Crippen LogP contribution is -2.24. The molecule has 0 spiro atoms. The minimum Gasteiger partial charge on any atom is -0.476 e. The summed E-state index contributed by atoms with van der Waals surface area (Å²) in [5, 5.41) is 15.9. The highest BCUT2D eigenvalue weighted by Crippen LogP contribution is 2.45. The van der Waals surface area contributed by atoms with Crippen molar-refractivity contribution in [2.45, 2.75) is 31.1 Å². The molecule has 0 aliphatic heterocycles. The Labute approximate surface area is 111 Å². The Morgan fingerprint density at radius 2 is 1.89 bits per heavy atom. The average Bonchev–Trinajstić information content (AvgIpc) is 3.09. The minimum absolute atomic E-state index is 0.0946. The fourth-order valence-electron chi connectivity index (χ4n) is 3.13. The molecular weight excluding hydrogens is 240 g/mol. The van der Waals surface area contributed by atoms with Gasteiger partial charge in [-0.15, -0.1) is 0 Å². The molecule has 1 aromatic heterocycles. The first kappa shape index (κ1) is 12.0. The van der Waals surface area contributed by atoms with Crippen LogP contribution in [0.3, 0.4) is 0 Å². The largest absolute Gasteiger partial charge is 0.476 e. The molecule has 98 valence electrons. The molecule has 0 bridgehead atoms. The molecule has 1 fully saturated rings. The molecule has 0 unspecified atom stereocenters. The highest BCUT2D eigenvalue weighted by Gasteiger charge is 2.39. The number of hydrogen-bond donors (Lipinski definition) is 2. The number of hydrogen-bond acceptors (Lipinski definition) is 2. The van der Waals surface area contributed by atoms with Crippen LogP contribution in [0.5, 0.6) is 0 Å². The monoisotopic (exact) mass is 256 g/mol. The Balaban J connectivity index is 2.08. The first-order chi connectivity index (χ1) is 9.22. The molecule has 1 aliphatic carbocycles. The van der Waals surface area contributed by atoms with Crippen LogP contribution >= 0.6 is 0 Å². The molecule has 19 heavy (non-hydrogen) atoms. The molecule has 0 radical (unpaired) electrons. The fourth-order valence-corrected chi connectivity index (χ4v) is 3.13. The van der Waals surface area contributed by atoms with Gasteiger partial charge in [0.1, 0.15) is 0 Å². The van der Waals surface area contributed by atoms with Crippen molar-refractivity contribution < 1.29 is 9.90 Å². The number of H-pyrrole nitrogens is 1. The third-order valence-corrected chi connectivity index (χ3v) is 4.10. The predicted octanol–water partition coefficient (Wildman–Crippen LogP) is 2.97. The Morgan fingerprint density at radius 1 is 1.21 bits per heavy atom. The molecule has 1 aromatic carbocycles. The Morgan fingerprint density at radius 3 is 2.47 bits per heavy atom. The molecule has 1 heterocycles. The molecule has 4 nitrogen and oxygen atoms in total. The van der Waals surface area contributed by atoms with E-state index >= 15 is 0 Å². The van der Waals surface area contributed by atoms with Gasteiger partial charge in [-0.1, -0.05) is 43.2 Å². The summed E-state index contributed by atoms with van der Waals surface area (Å²) in [6, 6.07) is 12.0. The molecule has 0 atom stereocenters. The zero-order valence-electron chi connectivity index (χ0n) is 10.6. The van der Waals surface area contributed by atoms with Crippen LogP contribution in [-0.2, 0) is 5.41 Å². The molecule has 0 amide bonds. The van der Waals surface area contributed by atoms with Crippen molar-refractivity contribution >= 4 is 5.97 Å². The first-order valence-corrected chi connectivity index (χ1v) is 6.57. The van der Waals surface area contributed by atoms with Crippen molar-refractivity contribution in [1.82, 2.24) is 10.2 Å². The van der Waals surface area contributed by atoms with Crippen molar-refractivity contribution in [2.75, 3.05) is 0 Å². The summed E-state index contributed by atoms with van der Waals surface area (Å²) >= 11 is 0. The van der Waals surface area contributed by atoms with Gasteiger partial charge in [0.05, 0.1) is 0 Å². The van der Waals surface area contributed by atoms with Gasteiger partial charge in [0.25, 0.3) is 0 Å². The molecule has 1 saturated carbocycles. The average molecular weight is 256 g/mol. The second kappa shape index (κ2) is 4.53. The van der Waals surface area contributed by atoms with Gasteiger partial charge < -0.3 is 5.11 Å². The van der Waals surface area contributed by atoms with Crippen molar-refractivity contribution in [3.05, 3.63) is 53.3 Å². The van der Waals surface area contributed by atoms with Crippen LogP contribution < -0.4 is 0 Å². The molecule has 2 aromatic rings. The summed E-state index contributed by atoms with van der Waals surface area (Å²) in [6.45, 7) is 0. The Bertz CT molecular complexity index is 583. The summed E-state index contributed by atoms with van der Waals surface area (Å²) in [7, 11) is 0. The number of nitrogens with one attached hydrogen (secondary N) is 1. The number of benzene rings is 1. The highest BCUT2D eigenvalue weighted by atomic mass is 16.4. The summed E-state index contributed by atoms with van der Waals surface area (Å²) in [5.41, 5.74) is 2.17. The van der Waals surface area contributed by atoms with Gasteiger partial charge >= 0.3 is 5.97 Å². The normalized spacial score (nSPS) is 17.5. The summed E-state index contributed by atoms with van der Waals surface area (Å²) in [5.74, 6) is -0.983. The lowest BCUT2D eigenvalue weighted by Gasteiger charge is -2.28. The van der Waals surface area contributed by atoms with Crippen molar-refractivity contribution in [3.63, 3.8) is 0 Å². The topological polar surface area (TPSA) is 66.0 Å². The second-order valence-electron chi connectivity index (χ2n) is 5.13. The Kier molecular flexibility index (Phi) is 2.85. The maximum atomic E-state index is 11.0. The molecule has 1 aliphatic rings. The SMILES string of the molecule is O=C(O)c1cc(C2(c3ccccc3)CCCC2)[nH]n1. The number of nitrogens with zero attached hydrogens (tertiary/aromatic N) is 1. The van der Waals surface area contributed by atoms with Crippen molar-refractivity contribution in [3.8, 4) is 0 Å². The third kappa shape index (κ3) is 1.93. The number of aromatic carboxylic acids is 1. The molecule has 0 saturated heterocycles. The lowest BCUT2D eigenvalue weighted by molar-refractivity contribution is 0.0690. The molecule has 2 N–H and O–H groups in total. The number of carboxylic acid groups (broad SMARTS) is 1. The number of rotatable bonds is 3. The van der Waals surface area contributed by atoms with Gasteiger partial charge in [-0.2, -0.15) is 5.10 Å². The lowest BCUT2D eigenvalue weighted by atomic mass is 9.76. The maximum Gasteiger partial charge on any atom is 0.356 e. The second-order valence-corrected chi connectivity index (χ2v) is 5.13. The van der Waals surface area contributed by atoms with Gasteiger partial charge in [0.15, 0.2) is 5.69 Å². The van der Waals surface area contributed by atoms with Crippen LogP contribution in [0.25, 0.3) is 0 Å². The van der Waals surface area contributed by atoms with E-state index in [9.17, 15) is 4.79 Å². The summed E-state index contributed by atoms with van der Waals surface area (Å²) in [6.07, 6.45) is 4.41.